The van der Waals surface area contributed by atoms with Crippen LogP contribution in [-0.2, 0) is 4.74 Å². The van der Waals surface area contributed by atoms with Gasteiger partial charge in [0, 0.05) is 13.2 Å². The molecule has 0 saturated carbocycles. The lowest BCUT2D eigenvalue weighted by Crippen LogP contribution is -2.12. The highest BCUT2D eigenvalue weighted by Gasteiger charge is 2.07. The van der Waals surface area contributed by atoms with Crippen LogP contribution in [-0.4, -0.2) is 13.2 Å². The van der Waals surface area contributed by atoms with E-state index in [-0.39, 0.29) is 6.04 Å². The second-order valence-corrected chi connectivity index (χ2v) is 3.02. The summed E-state index contributed by atoms with van der Waals surface area (Å²) in [6.07, 6.45) is 3.51. The van der Waals surface area contributed by atoms with Crippen LogP contribution in [0.25, 0.3) is 0 Å². The van der Waals surface area contributed by atoms with E-state index >= 15 is 0 Å². The van der Waals surface area contributed by atoms with Gasteiger partial charge in [-0.15, -0.1) is 0 Å². The Morgan fingerprint density at radius 3 is 3.00 bits per heavy atom. The Hall–Kier alpha value is -0.800. The van der Waals surface area contributed by atoms with E-state index in [1.807, 2.05) is 12.1 Å². The quantitative estimate of drug-likeness (QED) is 0.687. The molecule has 2 N–H and O–H groups in total. The SMILES string of the molecule is CCCOCCC(N)c1ccco1. The Labute approximate surface area is 78.9 Å². The molecular formula is C10H17NO2. The van der Waals surface area contributed by atoms with Gasteiger partial charge in [0.15, 0.2) is 0 Å². The molecule has 13 heavy (non-hydrogen) atoms. The molecule has 74 valence electrons. The topological polar surface area (TPSA) is 48.4 Å². The van der Waals surface area contributed by atoms with E-state index in [0.717, 1.165) is 25.2 Å². The zero-order chi connectivity index (χ0) is 9.52. The van der Waals surface area contributed by atoms with Crippen LogP contribution < -0.4 is 5.73 Å². The molecule has 1 rings (SSSR count). The highest BCUT2D eigenvalue weighted by atomic mass is 16.5. The standard InChI is InChI=1S/C10H17NO2/c1-2-6-12-8-5-9(11)10-4-3-7-13-10/h3-4,7,9H,2,5-6,8,11H2,1H3. The molecule has 0 fully saturated rings. The van der Waals surface area contributed by atoms with E-state index in [2.05, 4.69) is 6.92 Å². The zero-order valence-corrected chi connectivity index (χ0v) is 8.03. The van der Waals surface area contributed by atoms with E-state index in [1.165, 1.54) is 0 Å². The molecule has 0 aromatic carbocycles. The maximum absolute atomic E-state index is 5.85. The van der Waals surface area contributed by atoms with Gasteiger partial charge in [0.25, 0.3) is 0 Å². The van der Waals surface area contributed by atoms with Gasteiger partial charge in [-0.2, -0.15) is 0 Å². The van der Waals surface area contributed by atoms with Crippen LogP contribution in [0.5, 0.6) is 0 Å². The molecule has 0 aliphatic carbocycles. The van der Waals surface area contributed by atoms with E-state index in [9.17, 15) is 0 Å². The third-order valence-corrected chi connectivity index (χ3v) is 1.83. The third kappa shape index (κ3) is 3.61. The minimum atomic E-state index is -0.0353. The Kier molecular flexibility index (Phi) is 4.57. The Morgan fingerprint density at radius 2 is 2.38 bits per heavy atom. The molecule has 3 heteroatoms. The van der Waals surface area contributed by atoms with Gasteiger partial charge in [-0.3, -0.25) is 0 Å². The fraction of sp³-hybridized carbons (Fsp3) is 0.600. The first kappa shape index (κ1) is 10.3. The molecule has 1 unspecified atom stereocenters. The molecule has 0 amide bonds. The van der Waals surface area contributed by atoms with Crippen molar-refractivity contribution in [2.45, 2.75) is 25.8 Å². The smallest absolute Gasteiger partial charge is 0.120 e. The molecule has 0 bridgehead atoms. The highest BCUT2D eigenvalue weighted by Crippen LogP contribution is 2.13. The second-order valence-electron chi connectivity index (χ2n) is 3.02. The van der Waals surface area contributed by atoms with Crippen LogP contribution in [0.3, 0.4) is 0 Å². The van der Waals surface area contributed by atoms with E-state index in [0.29, 0.717) is 6.61 Å². The predicted molar refractivity (Wildman–Crippen MR) is 51.4 cm³/mol. The van der Waals surface area contributed by atoms with Crippen molar-refractivity contribution in [3.05, 3.63) is 24.2 Å². The average molecular weight is 183 g/mol. The van der Waals surface area contributed by atoms with Crippen LogP contribution in [0.4, 0.5) is 0 Å². The third-order valence-electron chi connectivity index (χ3n) is 1.83. The number of furan rings is 1. The fourth-order valence-electron chi connectivity index (χ4n) is 1.10. The molecule has 0 saturated heterocycles. The predicted octanol–water partition coefficient (Wildman–Crippen LogP) is 2.10. The zero-order valence-electron chi connectivity index (χ0n) is 8.03. The summed E-state index contributed by atoms with van der Waals surface area (Å²) in [7, 11) is 0. The van der Waals surface area contributed by atoms with E-state index in [1.54, 1.807) is 6.26 Å². The normalized spacial score (nSPS) is 13.1. The molecule has 0 aliphatic rings. The van der Waals surface area contributed by atoms with Crippen LogP contribution >= 0.6 is 0 Å². The molecule has 3 nitrogen and oxygen atoms in total. The first-order chi connectivity index (χ1) is 6.34. The van der Waals surface area contributed by atoms with Crippen LogP contribution in [0, 0.1) is 0 Å². The van der Waals surface area contributed by atoms with E-state index in [4.69, 9.17) is 14.9 Å². The fourth-order valence-corrected chi connectivity index (χ4v) is 1.10. The van der Waals surface area contributed by atoms with Crippen molar-refractivity contribution in [3.8, 4) is 0 Å². The van der Waals surface area contributed by atoms with Crippen molar-refractivity contribution in [1.82, 2.24) is 0 Å². The van der Waals surface area contributed by atoms with Crippen LogP contribution in [0.1, 0.15) is 31.6 Å². The molecule has 1 atom stereocenters. The minimum Gasteiger partial charge on any atom is -0.468 e. The largest absolute Gasteiger partial charge is 0.468 e. The van der Waals surface area contributed by atoms with Crippen molar-refractivity contribution in [2.75, 3.05) is 13.2 Å². The molecule has 1 aromatic rings. The molecule has 0 radical (unpaired) electrons. The number of hydrogen-bond acceptors (Lipinski definition) is 3. The highest BCUT2D eigenvalue weighted by molar-refractivity contribution is 5.03. The first-order valence-electron chi connectivity index (χ1n) is 4.71. The number of ether oxygens (including phenoxy) is 1. The first-order valence-corrected chi connectivity index (χ1v) is 4.71. The van der Waals surface area contributed by atoms with Gasteiger partial charge in [-0.25, -0.2) is 0 Å². The van der Waals surface area contributed by atoms with Crippen molar-refractivity contribution in [3.63, 3.8) is 0 Å². The summed E-state index contributed by atoms with van der Waals surface area (Å²) in [6, 6.07) is 3.71. The lowest BCUT2D eigenvalue weighted by Gasteiger charge is -2.08. The second kappa shape index (κ2) is 5.78. The Bertz CT molecular complexity index is 209. The molecule has 1 heterocycles. The van der Waals surface area contributed by atoms with Crippen molar-refractivity contribution in [2.24, 2.45) is 5.73 Å². The Balaban J connectivity index is 2.15. The van der Waals surface area contributed by atoms with Gasteiger partial charge in [0.1, 0.15) is 5.76 Å². The van der Waals surface area contributed by atoms with Gasteiger partial charge in [0.05, 0.1) is 12.3 Å². The van der Waals surface area contributed by atoms with Gasteiger partial charge >= 0.3 is 0 Å². The van der Waals surface area contributed by atoms with Crippen molar-refractivity contribution >= 4 is 0 Å². The van der Waals surface area contributed by atoms with Crippen LogP contribution in [0.15, 0.2) is 22.8 Å². The van der Waals surface area contributed by atoms with Gasteiger partial charge in [0.2, 0.25) is 0 Å². The average Bonchev–Trinajstić information content (AvgIpc) is 2.65. The molecule has 0 aliphatic heterocycles. The summed E-state index contributed by atoms with van der Waals surface area (Å²) in [6.45, 7) is 3.60. The number of nitrogens with two attached hydrogens (primary N) is 1. The van der Waals surface area contributed by atoms with Gasteiger partial charge < -0.3 is 14.9 Å². The molecular weight excluding hydrogens is 166 g/mol. The maximum Gasteiger partial charge on any atom is 0.120 e. The van der Waals surface area contributed by atoms with Gasteiger partial charge in [-0.1, -0.05) is 6.92 Å². The summed E-state index contributed by atoms with van der Waals surface area (Å²) in [5, 5.41) is 0. The lowest BCUT2D eigenvalue weighted by atomic mass is 10.2. The number of rotatable bonds is 6. The molecule has 1 aromatic heterocycles. The Morgan fingerprint density at radius 1 is 1.54 bits per heavy atom. The summed E-state index contributed by atoms with van der Waals surface area (Å²) >= 11 is 0. The van der Waals surface area contributed by atoms with Crippen molar-refractivity contribution in [1.29, 1.82) is 0 Å². The summed E-state index contributed by atoms with van der Waals surface area (Å²) in [5.41, 5.74) is 5.85. The van der Waals surface area contributed by atoms with Gasteiger partial charge in [-0.05, 0) is 25.0 Å². The maximum atomic E-state index is 5.85. The lowest BCUT2D eigenvalue weighted by molar-refractivity contribution is 0.126. The monoisotopic (exact) mass is 183 g/mol. The van der Waals surface area contributed by atoms with Crippen molar-refractivity contribution < 1.29 is 9.15 Å². The minimum absolute atomic E-state index is 0.0353. The van der Waals surface area contributed by atoms with E-state index < -0.39 is 0 Å². The summed E-state index contributed by atoms with van der Waals surface area (Å²) < 4.78 is 10.5. The summed E-state index contributed by atoms with van der Waals surface area (Å²) in [4.78, 5) is 0. The number of hydrogen-bond donors (Lipinski definition) is 1. The summed E-state index contributed by atoms with van der Waals surface area (Å²) in [5.74, 6) is 0.833. The van der Waals surface area contributed by atoms with Crippen LogP contribution in [0.2, 0.25) is 0 Å². The molecule has 0 spiro atoms.